The van der Waals surface area contributed by atoms with Crippen LogP contribution in [-0.4, -0.2) is 21.1 Å². The maximum atomic E-state index is 11.4. The average molecular weight is 397 g/mol. The predicted octanol–water partition coefficient (Wildman–Crippen LogP) is 5.25. The maximum absolute atomic E-state index is 11.4. The summed E-state index contributed by atoms with van der Waals surface area (Å²) in [5.74, 6) is 0.205. The minimum atomic E-state index is -0.904. The molecule has 0 saturated heterocycles. The number of carbonyl (C=O) groups excluding carboxylic acids is 1. The molecule has 0 bridgehead atoms. The average Bonchev–Trinajstić information content (AvgIpc) is 2.63. The highest BCUT2D eigenvalue weighted by molar-refractivity contribution is 8.13. The summed E-state index contributed by atoms with van der Waals surface area (Å²) >= 11 is 1.42. The fourth-order valence-corrected chi connectivity index (χ4v) is 3.45. The largest absolute Gasteiger partial charge is 0.504 e. The molecule has 0 fully saturated rings. The van der Waals surface area contributed by atoms with Crippen LogP contribution in [0.4, 0.5) is 0 Å². The van der Waals surface area contributed by atoms with E-state index in [0.717, 1.165) is 25.0 Å². The van der Waals surface area contributed by atoms with E-state index in [4.69, 9.17) is 4.42 Å². The Bertz CT molecular complexity index is 691. The van der Waals surface area contributed by atoms with E-state index in [9.17, 15) is 19.8 Å². The van der Waals surface area contributed by atoms with E-state index in [2.05, 4.69) is 6.92 Å². The first kappa shape index (κ1) is 23.3. The van der Waals surface area contributed by atoms with Crippen molar-refractivity contribution in [3.05, 3.63) is 33.4 Å². The Morgan fingerprint density at radius 3 is 2.22 bits per heavy atom. The van der Waals surface area contributed by atoms with E-state index in [-0.39, 0.29) is 5.12 Å². The van der Waals surface area contributed by atoms with Crippen molar-refractivity contribution in [2.45, 2.75) is 78.6 Å². The summed E-state index contributed by atoms with van der Waals surface area (Å²) in [6, 6.07) is 0. The second-order valence-electron chi connectivity index (χ2n) is 6.95. The van der Waals surface area contributed by atoms with Gasteiger partial charge in [-0.3, -0.25) is 4.79 Å². The lowest BCUT2D eigenvalue weighted by Crippen LogP contribution is -2.03. The summed E-state index contributed by atoms with van der Waals surface area (Å²) in [6.07, 6.45) is 11.8. The van der Waals surface area contributed by atoms with Gasteiger partial charge in [-0.15, -0.1) is 0 Å². The first-order chi connectivity index (χ1) is 12.8. The summed E-state index contributed by atoms with van der Waals surface area (Å²) in [4.78, 5) is 22.2. The third-order valence-corrected chi connectivity index (χ3v) is 5.46. The summed E-state index contributed by atoms with van der Waals surface area (Å²) < 4.78 is 5.05. The van der Waals surface area contributed by atoms with Crippen LogP contribution >= 0.6 is 11.8 Å². The molecule has 0 radical (unpaired) electrons. The molecule has 0 aliphatic carbocycles. The van der Waals surface area contributed by atoms with Gasteiger partial charge in [0.2, 0.25) is 5.75 Å². The van der Waals surface area contributed by atoms with Crippen LogP contribution in [0.5, 0.6) is 11.5 Å². The molecule has 1 aromatic heterocycles. The van der Waals surface area contributed by atoms with Crippen LogP contribution in [0, 0.1) is 6.92 Å². The topological polar surface area (TPSA) is 87.7 Å². The molecule has 0 unspecified atom stereocenters. The molecule has 0 aliphatic rings. The van der Waals surface area contributed by atoms with Gasteiger partial charge in [-0.1, -0.05) is 55.5 Å². The summed E-state index contributed by atoms with van der Waals surface area (Å²) in [5, 5.41) is 19.3. The summed E-state index contributed by atoms with van der Waals surface area (Å²) in [7, 11) is 0. The molecule has 0 aromatic carbocycles. The Morgan fingerprint density at radius 1 is 1.00 bits per heavy atom. The molecule has 1 rings (SSSR count). The van der Waals surface area contributed by atoms with Crippen molar-refractivity contribution in [3.63, 3.8) is 0 Å². The lowest BCUT2D eigenvalue weighted by atomic mass is 10.0. The highest BCUT2D eigenvalue weighted by Crippen LogP contribution is 2.27. The maximum Gasteiger partial charge on any atom is 0.382 e. The highest BCUT2D eigenvalue weighted by atomic mass is 32.2. The molecule has 27 heavy (non-hydrogen) atoms. The second kappa shape index (κ2) is 12.7. The monoisotopic (exact) mass is 396 g/mol. The number of carbonyl (C=O) groups is 1. The van der Waals surface area contributed by atoms with Crippen LogP contribution in [0.15, 0.2) is 20.9 Å². The van der Waals surface area contributed by atoms with Crippen LogP contribution in [0.25, 0.3) is 0 Å². The number of rotatable bonds is 12. The van der Waals surface area contributed by atoms with Gasteiger partial charge in [0.1, 0.15) is 5.76 Å². The normalized spacial score (nSPS) is 11.7. The fourth-order valence-electron chi connectivity index (χ4n) is 2.81. The smallest absolute Gasteiger partial charge is 0.382 e. The van der Waals surface area contributed by atoms with Crippen molar-refractivity contribution >= 4 is 16.9 Å². The Hall–Kier alpha value is -1.69. The fraction of sp³-hybridized carbons (Fsp3) is 0.619. The van der Waals surface area contributed by atoms with Crippen LogP contribution in [0.1, 0.15) is 76.5 Å². The molecule has 6 heteroatoms. The van der Waals surface area contributed by atoms with E-state index >= 15 is 0 Å². The van der Waals surface area contributed by atoms with Crippen LogP contribution in [0.2, 0.25) is 0 Å². The Kier molecular flexibility index (Phi) is 10.9. The van der Waals surface area contributed by atoms with Crippen LogP contribution in [-0.2, 0) is 11.2 Å². The summed E-state index contributed by atoms with van der Waals surface area (Å²) in [6.45, 7) is 5.29. The van der Waals surface area contributed by atoms with E-state index in [1.165, 1.54) is 49.4 Å². The first-order valence-electron chi connectivity index (χ1n) is 9.66. The zero-order valence-electron chi connectivity index (χ0n) is 16.7. The first-order valence-corrected chi connectivity index (χ1v) is 10.6. The number of aromatic hydroxyl groups is 2. The molecule has 1 heterocycles. The van der Waals surface area contributed by atoms with Gasteiger partial charge in [0, 0.05) is 24.7 Å². The quantitative estimate of drug-likeness (QED) is 0.371. The lowest BCUT2D eigenvalue weighted by Gasteiger charge is -2.06. The van der Waals surface area contributed by atoms with Gasteiger partial charge in [0.05, 0.1) is 0 Å². The van der Waals surface area contributed by atoms with Gasteiger partial charge >= 0.3 is 5.63 Å². The molecular weight excluding hydrogens is 364 g/mol. The molecule has 0 atom stereocenters. The second-order valence-corrected chi connectivity index (χ2v) is 8.23. The number of hydrogen-bond donors (Lipinski definition) is 2. The van der Waals surface area contributed by atoms with Gasteiger partial charge < -0.3 is 14.6 Å². The van der Waals surface area contributed by atoms with Gasteiger partial charge in [-0.05, 0) is 33.1 Å². The predicted molar refractivity (Wildman–Crippen MR) is 111 cm³/mol. The summed E-state index contributed by atoms with van der Waals surface area (Å²) in [5.41, 5.74) is 0.725. The zero-order valence-corrected chi connectivity index (χ0v) is 17.5. The van der Waals surface area contributed by atoms with Gasteiger partial charge in [0.15, 0.2) is 10.9 Å². The standard InChI is InChI=1S/C21H32O5S/c1-15(11-9-7-5-4-6-8-10-14-27-17(3)22)12-13-18-16(2)19(23)20(24)21(25)26-18/h12,23-24H,4-11,13-14H2,1-3H3. The van der Waals surface area contributed by atoms with Crippen molar-refractivity contribution in [2.24, 2.45) is 0 Å². The third kappa shape index (κ3) is 9.18. The Balaban J connectivity index is 2.20. The minimum absolute atomic E-state index is 0.206. The van der Waals surface area contributed by atoms with Crippen LogP contribution < -0.4 is 5.63 Å². The van der Waals surface area contributed by atoms with Crippen molar-refractivity contribution in [1.82, 2.24) is 0 Å². The van der Waals surface area contributed by atoms with Gasteiger partial charge in [0.25, 0.3) is 0 Å². The molecule has 1 aromatic rings. The zero-order chi connectivity index (χ0) is 20.2. The Morgan fingerprint density at radius 2 is 1.59 bits per heavy atom. The van der Waals surface area contributed by atoms with Gasteiger partial charge in [-0.2, -0.15) is 0 Å². The number of allylic oxidation sites excluding steroid dienone is 2. The molecule has 0 saturated carbocycles. The lowest BCUT2D eigenvalue weighted by molar-refractivity contribution is -0.109. The minimum Gasteiger partial charge on any atom is -0.504 e. The highest BCUT2D eigenvalue weighted by Gasteiger charge is 2.14. The van der Waals surface area contributed by atoms with E-state index in [1.54, 1.807) is 13.8 Å². The van der Waals surface area contributed by atoms with Crippen molar-refractivity contribution in [2.75, 3.05) is 5.75 Å². The van der Waals surface area contributed by atoms with Crippen molar-refractivity contribution in [1.29, 1.82) is 0 Å². The van der Waals surface area contributed by atoms with E-state index < -0.39 is 17.1 Å². The number of thioether (sulfide) groups is 1. The molecular formula is C21H32O5S. The number of hydrogen-bond acceptors (Lipinski definition) is 6. The van der Waals surface area contributed by atoms with Crippen molar-refractivity contribution in [3.8, 4) is 11.5 Å². The molecule has 152 valence electrons. The van der Waals surface area contributed by atoms with E-state index in [0.29, 0.717) is 17.7 Å². The molecule has 0 amide bonds. The van der Waals surface area contributed by atoms with Crippen molar-refractivity contribution < 1.29 is 19.4 Å². The van der Waals surface area contributed by atoms with Crippen LogP contribution in [0.3, 0.4) is 0 Å². The Labute approximate surface area is 165 Å². The molecule has 5 nitrogen and oxygen atoms in total. The van der Waals surface area contributed by atoms with E-state index in [1.807, 2.05) is 6.08 Å². The SMILES string of the molecule is CC(=O)SCCCCCCCCCC(C)=CCc1oc(=O)c(O)c(O)c1C. The third-order valence-electron chi connectivity index (χ3n) is 4.56. The molecule has 0 spiro atoms. The molecule has 2 N–H and O–H groups in total. The number of unbranched alkanes of at least 4 members (excludes halogenated alkanes) is 6. The van der Waals surface area contributed by atoms with Gasteiger partial charge in [-0.25, -0.2) is 4.79 Å². The molecule has 0 aliphatic heterocycles.